The number of esters is 1. The van der Waals surface area contributed by atoms with Crippen LogP contribution in [0.2, 0.25) is 0 Å². The Bertz CT molecular complexity index is 700. The highest BCUT2D eigenvalue weighted by molar-refractivity contribution is 7.98. The highest BCUT2D eigenvalue weighted by Crippen LogP contribution is 2.15. The van der Waals surface area contributed by atoms with Gasteiger partial charge in [-0.3, -0.25) is 4.79 Å². The molecule has 23 heavy (non-hydrogen) atoms. The van der Waals surface area contributed by atoms with E-state index in [1.165, 1.54) is 6.08 Å². The largest absolute Gasteiger partial charge is 0.454 e. The van der Waals surface area contributed by atoms with Crippen molar-refractivity contribution >= 4 is 29.6 Å². The minimum Gasteiger partial charge on any atom is -0.454 e. The third-order valence-electron chi connectivity index (χ3n) is 3.25. The Morgan fingerprint density at radius 1 is 1.04 bits per heavy atom. The number of benzene rings is 2. The molecule has 0 radical (unpaired) electrons. The molecule has 0 atom stereocenters. The predicted molar refractivity (Wildman–Crippen MR) is 93.7 cm³/mol. The molecular weight excluding hydrogens is 308 g/mol. The van der Waals surface area contributed by atoms with Crippen molar-refractivity contribution in [1.82, 2.24) is 0 Å². The summed E-state index contributed by atoms with van der Waals surface area (Å²) in [5, 5.41) is 0. The fraction of sp³-hybridized carbons (Fsp3) is 0.158. The zero-order valence-electron chi connectivity index (χ0n) is 13.1. The van der Waals surface area contributed by atoms with Gasteiger partial charge in [0.25, 0.3) is 0 Å². The maximum Gasteiger partial charge on any atom is 0.331 e. The van der Waals surface area contributed by atoms with Gasteiger partial charge in [0.2, 0.25) is 0 Å². The van der Waals surface area contributed by atoms with E-state index in [0.717, 1.165) is 16.0 Å². The fourth-order valence-electron chi connectivity index (χ4n) is 1.89. The first-order valence-corrected chi connectivity index (χ1v) is 8.40. The second-order valence-electron chi connectivity index (χ2n) is 5.00. The zero-order chi connectivity index (χ0) is 16.7. The van der Waals surface area contributed by atoms with Crippen molar-refractivity contribution < 1.29 is 14.3 Å². The van der Waals surface area contributed by atoms with Crippen molar-refractivity contribution in [3.63, 3.8) is 0 Å². The van der Waals surface area contributed by atoms with E-state index < -0.39 is 5.97 Å². The van der Waals surface area contributed by atoms with Gasteiger partial charge in [0.1, 0.15) is 0 Å². The predicted octanol–water partition coefficient (Wildman–Crippen LogP) is 4.16. The molecule has 0 fully saturated rings. The summed E-state index contributed by atoms with van der Waals surface area (Å²) in [5.41, 5.74) is 2.60. The number of rotatable bonds is 6. The van der Waals surface area contributed by atoms with Crippen LogP contribution in [-0.4, -0.2) is 24.6 Å². The minimum atomic E-state index is -0.528. The molecule has 2 aromatic rings. The van der Waals surface area contributed by atoms with Crippen LogP contribution in [0, 0.1) is 6.92 Å². The normalized spacial score (nSPS) is 10.7. The van der Waals surface area contributed by atoms with E-state index in [9.17, 15) is 9.59 Å². The number of Topliss-reactive ketones (excluding diaryl/α,β-unsaturated/α-hetero) is 1. The zero-order valence-corrected chi connectivity index (χ0v) is 13.9. The summed E-state index contributed by atoms with van der Waals surface area (Å²) >= 11 is 1.61. The molecule has 0 N–H and O–H groups in total. The summed E-state index contributed by atoms with van der Waals surface area (Å²) in [6.45, 7) is 1.74. The Morgan fingerprint density at radius 3 is 2.30 bits per heavy atom. The average Bonchev–Trinajstić information content (AvgIpc) is 2.59. The average molecular weight is 326 g/mol. The minimum absolute atomic E-state index is 0.213. The Morgan fingerprint density at radius 2 is 1.70 bits per heavy atom. The van der Waals surface area contributed by atoms with Crippen LogP contribution in [0.4, 0.5) is 0 Å². The second kappa shape index (κ2) is 8.34. The van der Waals surface area contributed by atoms with Crippen LogP contribution < -0.4 is 0 Å². The Hall–Kier alpha value is -2.33. The lowest BCUT2D eigenvalue weighted by Gasteiger charge is -2.03. The summed E-state index contributed by atoms with van der Waals surface area (Å²) in [5.74, 6) is -0.741. The van der Waals surface area contributed by atoms with Crippen molar-refractivity contribution in [2.75, 3.05) is 12.9 Å². The molecule has 0 bridgehead atoms. The summed E-state index contributed by atoms with van der Waals surface area (Å²) in [6, 6.07) is 15.0. The molecule has 0 aliphatic heterocycles. The molecular formula is C19H18O3S. The molecule has 3 nitrogen and oxygen atoms in total. The summed E-state index contributed by atoms with van der Waals surface area (Å²) < 4.78 is 4.98. The van der Waals surface area contributed by atoms with E-state index in [0.29, 0.717) is 5.56 Å². The van der Waals surface area contributed by atoms with Crippen LogP contribution >= 0.6 is 11.8 Å². The van der Waals surface area contributed by atoms with Gasteiger partial charge >= 0.3 is 5.97 Å². The van der Waals surface area contributed by atoms with Gasteiger partial charge in [-0.25, -0.2) is 4.79 Å². The van der Waals surface area contributed by atoms with Crippen LogP contribution in [0.15, 0.2) is 59.5 Å². The lowest BCUT2D eigenvalue weighted by Crippen LogP contribution is -2.12. The number of carbonyl (C=O) groups is 2. The lowest BCUT2D eigenvalue weighted by molar-refractivity contribution is -0.136. The van der Waals surface area contributed by atoms with Crippen LogP contribution in [0.1, 0.15) is 21.5 Å². The van der Waals surface area contributed by atoms with Crippen LogP contribution in [-0.2, 0) is 9.53 Å². The molecule has 118 valence electrons. The third kappa shape index (κ3) is 5.42. The first-order chi connectivity index (χ1) is 11.1. The summed E-state index contributed by atoms with van der Waals surface area (Å²) in [4.78, 5) is 24.7. The van der Waals surface area contributed by atoms with Crippen molar-refractivity contribution in [3.8, 4) is 0 Å². The van der Waals surface area contributed by atoms with Crippen LogP contribution in [0.5, 0.6) is 0 Å². The summed E-state index contributed by atoms with van der Waals surface area (Å²) in [6.07, 6.45) is 4.97. The lowest BCUT2D eigenvalue weighted by atomic mass is 10.1. The Balaban J connectivity index is 1.85. The molecule has 0 saturated carbocycles. The van der Waals surface area contributed by atoms with Crippen molar-refractivity contribution in [1.29, 1.82) is 0 Å². The Kier molecular flexibility index (Phi) is 6.18. The quantitative estimate of drug-likeness (QED) is 0.346. The summed E-state index contributed by atoms with van der Waals surface area (Å²) in [7, 11) is 0. The molecule has 0 heterocycles. The van der Waals surface area contributed by atoms with E-state index in [-0.39, 0.29) is 12.4 Å². The van der Waals surface area contributed by atoms with Crippen LogP contribution in [0.3, 0.4) is 0 Å². The van der Waals surface area contributed by atoms with Gasteiger partial charge in [0, 0.05) is 16.5 Å². The number of ketones is 1. The first kappa shape index (κ1) is 17.0. The van der Waals surface area contributed by atoms with E-state index in [4.69, 9.17) is 4.74 Å². The molecule has 0 aromatic heterocycles. The number of aryl methyl sites for hydroxylation is 1. The van der Waals surface area contributed by atoms with Gasteiger partial charge in [-0.1, -0.05) is 42.0 Å². The molecule has 0 aliphatic carbocycles. The van der Waals surface area contributed by atoms with Gasteiger partial charge in [-0.2, -0.15) is 0 Å². The molecule has 2 rings (SSSR count). The highest BCUT2D eigenvalue weighted by atomic mass is 32.2. The molecule has 2 aromatic carbocycles. The number of thioether (sulfide) groups is 1. The first-order valence-electron chi connectivity index (χ1n) is 7.17. The topological polar surface area (TPSA) is 43.4 Å². The molecule has 0 saturated heterocycles. The molecule has 0 aliphatic rings. The van der Waals surface area contributed by atoms with Gasteiger partial charge < -0.3 is 4.74 Å². The molecule has 0 spiro atoms. The van der Waals surface area contributed by atoms with Crippen molar-refractivity contribution in [2.24, 2.45) is 0 Å². The van der Waals surface area contributed by atoms with Gasteiger partial charge in [-0.15, -0.1) is 11.8 Å². The standard InChI is InChI=1S/C19H18O3S/c1-14-3-5-15(6-4-14)7-12-19(21)22-13-18(20)16-8-10-17(23-2)11-9-16/h3-12H,13H2,1-2H3/b12-7+. The third-order valence-corrected chi connectivity index (χ3v) is 3.99. The van der Waals surface area contributed by atoms with Crippen molar-refractivity contribution in [2.45, 2.75) is 11.8 Å². The molecule has 0 unspecified atom stereocenters. The van der Waals surface area contributed by atoms with Gasteiger partial charge in [0.15, 0.2) is 12.4 Å². The molecule has 0 amide bonds. The number of ether oxygens (including phenoxy) is 1. The fourth-order valence-corrected chi connectivity index (χ4v) is 2.30. The van der Waals surface area contributed by atoms with E-state index >= 15 is 0 Å². The Labute approximate surface area is 140 Å². The van der Waals surface area contributed by atoms with Crippen molar-refractivity contribution in [3.05, 3.63) is 71.3 Å². The number of hydrogen-bond acceptors (Lipinski definition) is 4. The maximum atomic E-state index is 12.0. The number of carbonyl (C=O) groups excluding carboxylic acids is 2. The SMILES string of the molecule is CSc1ccc(C(=O)COC(=O)/C=C/c2ccc(C)cc2)cc1. The highest BCUT2D eigenvalue weighted by Gasteiger charge is 2.08. The maximum absolute atomic E-state index is 12.0. The van der Waals surface area contributed by atoms with Crippen LogP contribution in [0.25, 0.3) is 6.08 Å². The van der Waals surface area contributed by atoms with E-state index in [2.05, 4.69) is 0 Å². The second-order valence-corrected chi connectivity index (χ2v) is 5.88. The van der Waals surface area contributed by atoms with E-state index in [1.54, 1.807) is 30.0 Å². The van der Waals surface area contributed by atoms with Gasteiger partial charge in [-0.05, 0) is 37.0 Å². The van der Waals surface area contributed by atoms with Gasteiger partial charge in [0.05, 0.1) is 0 Å². The smallest absolute Gasteiger partial charge is 0.331 e. The monoisotopic (exact) mass is 326 g/mol. The number of hydrogen-bond donors (Lipinski definition) is 0. The van der Waals surface area contributed by atoms with E-state index in [1.807, 2.05) is 49.6 Å². The molecule has 4 heteroatoms.